The van der Waals surface area contributed by atoms with Crippen molar-refractivity contribution in [2.24, 2.45) is 11.8 Å². The second-order valence-electron chi connectivity index (χ2n) is 6.62. The summed E-state index contributed by atoms with van der Waals surface area (Å²) >= 11 is 1.74. The first-order valence-electron chi connectivity index (χ1n) is 8.34. The lowest BCUT2D eigenvalue weighted by Crippen LogP contribution is -2.34. The number of carbonyl (C=O) groups is 1. The summed E-state index contributed by atoms with van der Waals surface area (Å²) in [6, 6.07) is 8.55. The molecule has 2 saturated heterocycles. The molecule has 2 heterocycles. The summed E-state index contributed by atoms with van der Waals surface area (Å²) in [6.45, 7) is 6.31. The fourth-order valence-electron chi connectivity index (χ4n) is 3.62. The van der Waals surface area contributed by atoms with Gasteiger partial charge in [0, 0.05) is 18.8 Å². The molecule has 0 spiro atoms. The number of nitrogens with one attached hydrogen (secondary N) is 1. The molecule has 0 unspecified atom stereocenters. The van der Waals surface area contributed by atoms with Crippen LogP contribution in [0.3, 0.4) is 0 Å². The van der Waals surface area contributed by atoms with Crippen molar-refractivity contribution in [2.45, 2.75) is 25.5 Å². The van der Waals surface area contributed by atoms with Gasteiger partial charge in [-0.25, -0.2) is 0 Å². The van der Waals surface area contributed by atoms with Gasteiger partial charge >= 0.3 is 0 Å². The molecule has 0 saturated carbocycles. The lowest BCUT2D eigenvalue weighted by molar-refractivity contribution is -0.128. The van der Waals surface area contributed by atoms with Crippen molar-refractivity contribution in [3.63, 3.8) is 0 Å². The first kappa shape index (κ1) is 18.6. The largest absolute Gasteiger partial charge is 0.342 e. The number of amides is 1. The minimum atomic E-state index is 0. The van der Waals surface area contributed by atoms with Gasteiger partial charge in [-0.2, -0.15) is 0 Å². The zero-order valence-electron chi connectivity index (χ0n) is 13.8. The van der Waals surface area contributed by atoms with E-state index in [1.54, 1.807) is 11.8 Å². The van der Waals surface area contributed by atoms with E-state index in [2.05, 4.69) is 41.4 Å². The van der Waals surface area contributed by atoms with Crippen molar-refractivity contribution in [1.82, 2.24) is 10.2 Å². The molecule has 0 radical (unpaired) electrons. The predicted octanol–water partition coefficient (Wildman–Crippen LogP) is 3.11. The van der Waals surface area contributed by atoms with E-state index in [0.717, 1.165) is 43.8 Å². The van der Waals surface area contributed by atoms with Gasteiger partial charge in [0.1, 0.15) is 0 Å². The molecule has 1 aromatic carbocycles. The molecule has 2 aliphatic heterocycles. The summed E-state index contributed by atoms with van der Waals surface area (Å²) < 4.78 is 0. The number of aryl methyl sites for hydroxylation is 1. The highest BCUT2D eigenvalue weighted by atomic mass is 35.5. The quantitative estimate of drug-likeness (QED) is 0.901. The molecular weight excluding hydrogens is 328 g/mol. The third kappa shape index (κ3) is 5.13. The molecule has 5 heteroatoms. The van der Waals surface area contributed by atoms with Crippen molar-refractivity contribution < 1.29 is 4.79 Å². The molecular formula is C18H27ClN2OS. The number of hydrogen-bond donors (Lipinski definition) is 1. The average molecular weight is 355 g/mol. The maximum atomic E-state index is 12.4. The Bertz CT molecular complexity index is 511. The Kier molecular flexibility index (Phi) is 7.25. The Morgan fingerprint density at radius 3 is 2.61 bits per heavy atom. The van der Waals surface area contributed by atoms with Crippen LogP contribution in [0.15, 0.2) is 24.3 Å². The first-order valence-corrected chi connectivity index (χ1v) is 9.49. The second kappa shape index (κ2) is 8.95. The number of likely N-dealkylation sites (tertiary alicyclic amines) is 1. The van der Waals surface area contributed by atoms with Crippen molar-refractivity contribution in [3.05, 3.63) is 35.4 Å². The van der Waals surface area contributed by atoms with Crippen LogP contribution in [0, 0.1) is 18.8 Å². The van der Waals surface area contributed by atoms with E-state index in [9.17, 15) is 4.79 Å². The molecule has 1 amide bonds. The number of benzene rings is 1. The fourth-order valence-corrected chi connectivity index (χ4v) is 4.49. The van der Waals surface area contributed by atoms with Gasteiger partial charge < -0.3 is 10.2 Å². The summed E-state index contributed by atoms with van der Waals surface area (Å²) in [7, 11) is 0. The highest BCUT2D eigenvalue weighted by Crippen LogP contribution is 2.27. The van der Waals surface area contributed by atoms with E-state index in [0.29, 0.717) is 11.7 Å². The van der Waals surface area contributed by atoms with Crippen LogP contribution in [-0.2, 0) is 10.5 Å². The second-order valence-corrected chi connectivity index (χ2v) is 7.60. The normalized spacial score (nSPS) is 23.8. The maximum absolute atomic E-state index is 12.4. The molecule has 3 rings (SSSR count). The van der Waals surface area contributed by atoms with Crippen LogP contribution < -0.4 is 5.32 Å². The molecule has 1 N–H and O–H groups in total. The Morgan fingerprint density at radius 2 is 1.96 bits per heavy atom. The average Bonchev–Trinajstić information content (AvgIpc) is 2.86. The zero-order chi connectivity index (χ0) is 15.4. The fraction of sp³-hybridized carbons (Fsp3) is 0.611. The van der Waals surface area contributed by atoms with Crippen LogP contribution in [0.1, 0.15) is 24.0 Å². The molecule has 128 valence electrons. The Morgan fingerprint density at radius 1 is 1.26 bits per heavy atom. The van der Waals surface area contributed by atoms with Gasteiger partial charge in [0.25, 0.3) is 0 Å². The van der Waals surface area contributed by atoms with E-state index in [-0.39, 0.29) is 12.4 Å². The van der Waals surface area contributed by atoms with Gasteiger partial charge in [0.15, 0.2) is 0 Å². The molecule has 1 aromatic rings. The van der Waals surface area contributed by atoms with Gasteiger partial charge in [0.05, 0.1) is 5.75 Å². The standard InChI is InChI=1S/C18H26N2OS.ClH/c1-14-3-2-4-15(9-14)12-22-13-18(21)20-7-5-16-10-19-11-17(16)6-8-20;/h2-4,9,16-17,19H,5-8,10-13H2,1H3;1H/t16-,17+;. The Balaban J connectivity index is 0.00000192. The van der Waals surface area contributed by atoms with Gasteiger partial charge in [-0.05, 0) is 50.3 Å². The molecule has 2 aliphatic rings. The minimum Gasteiger partial charge on any atom is -0.342 e. The van der Waals surface area contributed by atoms with Crippen LogP contribution in [-0.4, -0.2) is 42.7 Å². The Labute approximate surface area is 150 Å². The number of nitrogens with zero attached hydrogens (tertiary/aromatic N) is 1. The molecule has 3 nitrogen and oxygen atoms in total. The van der Waals surface area contributed by atoms with E-state index in [1.165, 1.54) is 24.0 Å². The van der Waals surface area contributed by atoms with Crippen molar-refractivity contribution >= 4 is 30.1 Å². The summed E-state index contributed by atoms with van der Waals surface area (Å²) in [4.78, 5) is 14.5. The van der Waals surface area contributed by atoms with Gasteiger partial charge in [0.2, 0.25) is 5.91 Å². The summed E-state index contributed by atoms with van der Waals surface area (Å²) in [5.74, 6) is 3.44. The highest BCUT2D eigenvalue weighted by molar-refractivity contribution is 7.99. The topological polar surface area (TPSA) is 32.3 Å². The number of hydrogen-bond acceptors (Lipinski definition) is 3. The van der Waals surface area contributed by atoms with Crippen molar-refractivity contribution in [1.29, 1.82) is 0 Å². The van der Waals surface area contributed by atoms with Crippen LogP contribution in [0.5, 0.6) is 0 Å². The molecule has 2 fully saturated rings. The number of carbonyl (C=O) groups excluding carboxylic acids is 1. The molecule has 0 bridgehead atoms. The molecule has 23 heavy (non-hydrogen) atoms. The van der Waals surface area contributed by atoms with Crippen molar-refractivity contribution in [3.8, 4) is 0 Å². The first-order chi connectivity index (χ1) is 10.7. The van der Waals surface area contributed by atoms with Gasteiger partial charge in [-0.1, -0.05) is 29.8 Å². The summed E-state index contributed by atoms with van der Waals surface area (Å²) in [6.07, 6.45) is 2.35. The third-order valence-electron chi connectivity index (χ3n) is 4.95. The monoisotopic (exact) mass is 354 g/mol. The van der Waals surface area contributed by atoms with E-state index >= 15 is 0 Å². The van der Waals surface area contributed by atoms with Crippen LogP contribution in [0.4, 0.5) is 0 Å². The number of fused-ring (bicyclic) bond motifs is 1. The van der Waals surface area contributed by atoms with E-state index in [1.807, 2.05) is 0 Å². The Hall–Kier alpha value is -0.710. The smallest absolute Gasteiger partial charge is 0.232 e. The van der Waals surface area contributed by atoms with Crippen LogP contribution >= 0.6 is 24.2 Å². The van der Waals surface area contributed by atoms with Crippen LogP contribution in [0.2, 0.25) is 0 Å². The number of rotatable bonds is 4. The SMILES string of the molecule is Cc1cccc(CSCC(=O)N2CC[C@@H]3CNC[C@@H]3CC2)c1.Cl. The summed E-state index contributed by atoms with van der Waals surface area (Å²) in [5, 5.41) is 3.49. The zero-order valence-corrected chi connectivity index (χ0v) is 15.4. The van der Waals surface area contributed by atoms with Crippen LogP contribution in [0.25, 0.3) is 0 Å². The van der Waals surface area contributed by atoms with Crippen molar-refractivity contribution in [2.75, 3.05) is 31.9 Å². The number of halogens is 1. The lowest BCUT2D eigenvalue weighted by atomic mass is 9.92. The van der Waals surface area contributed by atoms with E-state index in [4.69, 9.17) is 0 Å². The summed E-state index contributed by atoms with van der Waals surface area (Å²) in [5.41, 5.74) is 2.60. The predicted molar refractivity (Wildman–Crippen MR) is 100 cm³/mol. The minimum absolute atomic E-state index is 0. The maximum Gasteiger partial charge on any atom is 0.232 e. The van der Waals surface area contributed by atoms with Gasteiger partial charge in [-0.15, -0.1) is 24.2 Å². The third-order valence-corrected chi connectivity index (χ3v) is 5.94. The number of thioether (sulfide) groups is 1. The molecule has 2 atom stereocenters. The lowest BCUT2D eigenvalue weighted by Gasteiger charge is -2.20. The molecule has 0 aliphatic carbocycles. The van der Waals surface area contributed by atoms with Gasteiger partial charge in [-0.3, -0.25) is 4.79 Å². The van der Waals surface area contributed by atoms with E-state index < -0.39 is 0 Å². The highest BCUT2D eigenvalue weighted by Gasteiger charge is 2.31. The molecule has 0 aromatic heterocycles.